The Morgan fingerprint density at radius 2 is 1.76 bits per heavy atom. The molecule has 1 amide bonds. The summed E-state index contributed by atoms with van der Waals surface area (Å²) in [4.78, 5) is 23.2. The molecule has 0 bridgehead atoms. The highest BCUT2D eigenvalue weighted by Crippen LogP contribution is 2.13. The molecule has 1 aromatic carbocycles. The lowest BCUT2D eigenvalue weighted by Gasteiger charge is -2.19. The normalized spacial score (nSPS) is 10.8. The minimum atomic E-state index is -0.542. The van der Waals surface area contributed by atoms with E-state index in [1.165, 1.54) is 6.07 Å². The Kier molecular flexibility index (Phi) is 3.89. The van der Waals surface area contributed by atoms with Crippen molar-refractivity contribution in [2.75, 3.05) is 7.05 Å². The molecule has 0 unspecified atom stereocenters. The topological polar surface area (TPSA) is 55.4 Å². The summed E-state index contributed by atoms with van der Waals surface area (Å²) in [7, 11) is 1.54. The van der Waals surface area contributed by atoms with Gasteiger partial charge in [0.05, 0.1) is 5.56 Å². The summed E-state index contributed by atoms with van der Waals surface area (Å²) in [6.07, 6.45) is 0. The van der Waals surface area contributed by atoms with Crippen molar-refractivity contribution in [2.24, 2.45) is 0 Å². The zero-order valence-electron chi connectivity index (χ0n) is 10.5. The van der Waals surface area contributed by atoms with Crippen LogP contribution >= 0.6 is 0 Å². The number of amides is 1. The Morgan fingerprint density at radius 1 is 1.18 bits per heavy atom. The van der Waals surface area contributed by atoms with Gasteiger partial charge in [-0.1, -0.05) is 6.07 Å². The highest BCUT2D eigenvalue weighted by molar-refractivity contribution is 5.97. The Hall–Kier alpha value is -1.84. The molecular formula is C13H17NO3. The van der Waals surface area contributed by atoms with E-state index in [0.29, 0.717) is 11.1 Å². The van der Waals surface area contributed by atoms with E-state index in [0.717, 1.165) is 0 Å². The number of rotatable bonds is 2. The maximum absolute atomic E-state index is 11.8. The van der Waals surface area contributed by atoms with Gasteiger partial charge in [-0.15, -0.1) is 0 Å². The highest BCUT2D eigenvalue weighted by atomic mass is 16.6. The van der Waals surface area contributed by atoms with Gasteiger partial charge >= 0.3 is 5.97 Å². The average Bonchev–Trinajstić information content (AvgIpc) is 2.26. The molecular weight excluding hydrogens is 218 g/mol. The van der Waals surface area contributed by atoms with E-state index in [2.05, 4.69) is 5.32 Å². The minimum absolute atomic E-state index is 0.226. The van der Waals surface area contributed by atoms with Gasteiger partial charge in [0.2, 0.25) is 0 Å². The number of ether oxygens (including phenoxy) is 1. The number of hydrogen-bond donors (Lipinski definition) is 1. The van der Waals surface area contributed by atoms with E-state index in [1.54, 1.807) is 46.0 Å². The summed E-state index contributed by atoms with van der Waals surface area (Å²) in [5, 5.41) is 2.50. The predicted molar refractivity (Wildman–Crippen MR) is 65.0 cm³/mol. The number of carbonyl (C=O) groups is 2. The van der Waals surface area contributed by atoms with Gasteiger partial charge in [-0.2, -0.15) is 0 Å². The molecule has 17 heavy (non-hydrogen) atoms. The van der Waals surface area contributed by atoms with Gasteiger partial charge in [0.25, 0.3) is 5.91 Å². The molecule has 1 aromatic rings. The fraction of sp³-hybridized carbons (Fsp3) is 0.385. The Labute approximate surface area is 101 Å². The minimum Gasteiger partial charge on any atom is -0.456 e. The van der Waals surface area contributed by atoms with Crippen LogP contribution in [0.4, 0.5) is 0 Å². The number of carbonyl (C=O) groups excluding carboxylic acids is 2. The van der Waals surface area contributed by atoms with Crippen molar-refractivity contribution in [3.05, 3.63) is 35.4 Å². The summed E-state index contributed by atoms with van der Waals surface area (Å²) in [5.74, 6) is -0.654. The van der Waals surface area contributed by atoms with Crippen LogP contribution in [0.15, 0.2) is 24.3 Å². The van der Waals surface area contributed by atoms with E-state index in [-0.39, 0.29) is 5.91 Å². The molecule has 0 fully saturated rings. The first-order chi connectivity index (χ1) is 7.83. The Bertz CT molecular complexity index is 433. The highest BCUT2D eigenvalue weighted by Gasteiger charge is 2.18. The van der Waals surface area contributed by atoms with Crippen LogP contribution in [-0.2, 0) is 4.74 Å². The maximum atomic E-state index is 11.8. The fourth-order valence-corrected chi connectivity index (χ4v) is 1.27. The van der Waals surface area contributed by atoms with Gasteiger partial charge in [0.15, 0.2) is 0 Å². The summed E-state index contributed by atoms with van der Waals surface area (Å²) in [6.45, 7) is 5.40. The number of nitrogens with one attached hydrogen (secondary N) is 1. The lowest BCUT2D eigenvalue weighted by Crippen LogP contribution is -2.24. The van der Waals surface area contributed by atoms with Crippen molar-refractivity contribution in [2.45, 2.75) is 26.4 Å². The van der Waals surface area contributed by atoms with Gasteiger partial charge in [-0.3, -0.25) is 4.79 Å². The second-order valence-electron chi connectivity index (χ2n) is 4.66. The Morgan fingerprint density at radius 3 is 2.29 bits per heavy atom. The van der Waals surface area contributed by atoms with Crippen LogP contribution in [0.3, 0.4) is 0 Å². The largest absolute Gasteiger partial charge is 0.456 e. The first-order valence-corrected chi connectivity index (χ1v) is 5.39. The number of esters is 1. The molecule has 1 N–H and O–H groups in total. The van der Waals surface area contributed by atoms with E-state index < -0.39 is 11.6 Å². The van der Waals surface area contributed by atoms with Gasteiger partial charge in [-0.25, -0.2) is 4.79 Å². The summed E-state index contributed by atoms with van der Waals surface area (Å²) < 4.78 is 5.22. The van der Waals surface area contributed by atoms with Gasteiger partial charge in [0.1, 0.15) is 5.60 Å². The fourth-order valence-electron chi connectivity index (χ4n) is 1.27. The smallest absolute Gasteiger partial charge is 0.338 e. The molecule has 0 aliphatic rings. The monoisotopic (exact) mass is 235 g/mol. The molecule has 0 saturated carbocycles. The van der Waals surface area contributed by atoms with E-state index in [1.807, 2.05) is 0 Å². The zero-order valence-corrected chi connectivity index (χ0v) is 10.5. The molecule has 0 saturated heterocycles. The van der Waals surface area contributed by atoms with Crippen molar-refractivity contribution in [1.82, 2.24) is 5.32 Å². The molecule has 0 radical (unpaired) electrons. The van der Waals surface area contributed by atoms with Crippen LogP contribution < -0.4 is 5.32 Å². The van der Waals surface area contributed by atoms with Crippen LogP contribution in [-0.4, -0.2) is 24.5 Å². The van der Waals surface area contributed by atoms with Crippen LogP contribution in [0, 0.1) is 0 Å². The van der Waals surface area contributed by atoms with Crippen LogP contribution in [0.1, 0.15) is 41.5 Å². The van der Waals surface area contributed by atoms with Crippen molar-refractivity contribution >= 4 is 11.9 Å². The second kappa shape index (κ2) is 4.99. The van der Waals surface area contributed by atoms with Crippen molar-refractivity contribution in [3.8, 4) is 0 Å². The number of benzene rings is 1. The van der Waals surface area contributed by atoms with Crippen molar-refractivity contribution in [3.63, 3.8) is 0 Å². The third-order valence-electron chi connectivity index (χ3n) is 1.99. The van der Waals surface area contributed by atoms with Crippen LogP contribution in [0.5, 0.6) is 0 Å². The van der Waals surface area contributed by atoms with E-state index in [9.17, 15) is 9.59 Å². The average molecular weight is 235 g/mol. The summed E-state index contributed by atoms with van der Waals surface area (Å²) >= 11 is 0. The molecule has 0 aliphatic heterocycles. The first kappa shape index (κ1) is 13.2. The summed E-state index contributed by atoms with van der Waals surface area (Å²) in [6, 6.07) is 6.45. The lowest BCUT2D eigenvalue weighted by molar-refractivity contribution is 0.00695. The molecule has 0 aliphatic carbocycles. The Balaban J connectivity index is 2.92. The molecule has 0 spiro atoms. The van der Waals surface area contributed by atoms with Crippen molar-refractivity contribution < 1.29 is 14.3 Å². The molecule has 0 aromatic heterocycles. The third kappa shape index (κ3) is 3.90. The molecule has 4 nitrogen and oxygen atoms in total. The molecule has 0 heterocycles. The van der Waals surface area contributed by atoms with Gasteiger partial charge < -0.3 is 10.1 Å². The molecule has 92 valence electrons. The van der Waals surface area contributed by atoms with Crippen LogP contribution in [0.25, 0.3) is 0 Å². The second-order valence-corrected chi connectivity index (χ2v) is 4.66. The molecule has 0 atom stereocenters. The number of hydrogen-bond acceptors (Lipinski definition) is 3. The van der Waals surface area contributed by atoms with E-state index >= 15 is 0 Å². The SMILES string of the molecule is CNC(=O)c1cccc(C(=O)OC(C)(C)C)c1. The zero-order chi connectivity index (χ0) is 13.1. The standard InChI is InChI=1S/C13H17NO3/c1-13(2,3)17-12(16)10-7-5-6-9(8-10)11(15)14-4/h5-8H,1-4H3,(H,14,15). The molecule has 1 rings (SSSR count). The lowest BCUT2D eigenvalue weighted by atomic mass is 10.1. The van der Waals surface area contributed by atoms with Gasteiger partial charge in [-0.05, 0) is 39.0 Å². The van der Waals surface area contributed by atoms with Crippen molar-refractivity contribution in [1.29, 1.82) is 0 Å². The van der Waals surface area contributed by atoms with Crippen LogP contribution in [0.2, 0.25) is 0 Å². The molecule has 4 heteroatoms. The van der Waals surface area contributed by atoms with E-state index in [4.69, 9.17) is 4.74 Å². The third-order valence-corrected chi connectivity index (χ3v) is 1.99. The maximum Gasteiger partial charge on any atom is 0.338 e. The summed E-state index contributed by atoms with van der Waals surface area (Å²) in [5.41, 5.74) is 0.275. The first-order valence-electron chi connectivity index (χ1n) is 5.39. The predicted octanol–water partition coefficient (Wildman–Crippen LogP) is 2.00. The quantitative estimate of drug-likeness (QED) is 0.798. The van der Waals surface area contributed by atoms with Gasteiger partial charge in [0, 0.05) is 12.6 Å².